The Morgan fingerprint density at radius 3 is 1.19 bits per heavy atom. The van der Waals surface area contributed by atoms with E-state index in [0.717, 1.165) is 78.7 Å². The van der Waals surface area contributed by atoms with Crippen molar-refractivity contribution in [2.24, 2.45) is 0 Å². The highest BCUT2D eigenvalue weighted by molar-refractivity contribution is 8.00. The van der Waals surface area contributed by atoms with E-state index in [1.165, 1.54) is 85.9 Å². The zero-order valence-electron chi connectivity index (χ0n) is 64.1. The first-order valence-corrected chi connectivity index (χ1v) is 41.7. The number of nitrogens with zero attached hydrogens (tertiary/aromatic N) is 3. The Hall–Kier alpha value is -11.8. The molecule has 13 rings (SSSR count). The lowest BCUT2D eigenvalue weighted by Crippen LogP contribution is -2.05. The van der Waals surface area contributed by atoms with Crippen LogP contribution in [-0.4, -0.2) is 65.8 Å². The summed E-state index contributed by atoms with van der Waals surface area (Å²) in [7, 11) is 0. The molecule has 9 N–H and O–H groups in total. The van der Waals surface area contributed by atoms with Crippen molar-refractivity contribution in [2.45, 2.75) is 105 Å². The molecule has 0 spiro atoms. The van der Waals surface area contributed by atoms with Gasteiger partial charge in [-0.2, -0.15) is 0 Å². The molecule has 0 radical (unpaired) electrons. The summed E-state index contributed by atoms with van der Waals surface area (Å²) in [5.41, 5.74) is 9.40. The van der Waals surface area contributed by atoms with Crippen LogP contribution in [0.25, 0.3) is 10.9 Å². The predicted molar refractivity (Wildman–Crippen MR) is 482 cm³/mol. The second kappa shape index (κ2) is 44.3. The van der Waals surface area contributed by atoms with E-state index in [9.17, 15) is 64.6 Å². The number of Topliss-reactive ketones (excluding diaryl/α,β-unsaturated/α-hetero) is 1. The largest absolute Gasteiger partial charge is 0.505 e. The third kappa shape index (κ3) is 26.4. The fraction of sp³-hybridized carbons (Fsp3) is 0.111. The number of nitro benzene ring substituents is 2. The van der Waals surface area contributed by atoms with Gasteiger partial charge in [-0.1, -0.05) is 171 Å². The Labute approximate surface area is 733 Å². The van der Waals surface area contributed by atoms with E-state index in [1.54, 1.807) is 78.3 Å². The van der Waals surface area contributed by atoms with Gasteiger partial charge in [0.05, 0.1) is 43.7 Å². The van der Waals surface area contributed by atoms with Crippen molar-refractivity contribution < 1.29 is 54.2 Å². The number of ketones is 1. The van der Waals surface area contributed by atoms with Crippen LogP contribution in [0.1, 0.15) is 68.7 Å². The van der Waals surface area contributed by atoms with Crippen LogP contribution in [0.2, 0.25) is 25.1 Å². The molecule has 21 nitrogen and oxygen atoms in total. The van der Waals surface area contributed by atoms with E-state index in [0.29, 0.717) is 101 Å². The number of aromatic nitrogens is 1. The molecule has 0 bridgehead atoms. The molecule has 13 aromatic rings. The van der Waals surface area contributed by atoms with Crippen molar-refractivity contribution in [3.05, 3.63) is 338 Å². The fourth-order valence-electron chi connectivity index (χ4n) is 11.7. The van der Waals surface area contributed by atoms with Gasteiger partial charge in [-0.05, 0) is 188 Å². The highest BCUT2D eigenvalue weighted by Gasteiger charge is 2.20. The highest BCUT2D eigenvalue weighted by Crippen LogP contribution is 2.42. The minimum Gasteiger partial charge on any atom is -0.505 e. The summed E-state index contributed by atoms with van der Waals surface area (Å²) in [5, 5.41) is 82.7. The summed E-state index contributed by atoms with van der Waals surface area (Å²) in [6.45, 7) is 6.24. The van der Waals surface area contributed by atoms with Gasteiger partial charge in [-0.15, -0.1) is 0 Å². The van der Waals surface area contributed by atoms with Crippen molar-refractivity contribution in [3.8, 4) is 23.0 Å². The van der Waals surface area contributed by atoms with Crippen LogP contribution in [0.5, 0.6) is 23.0 Å². The number of aryl methyl sites for hydroxylation is 1. The maximum absolute atomic E-state index is 11.7. The first-order chi connectivity index (χ1) is 57.7. The third-order valence-electron chi connectivity index (χ3n) is 17.7. The summed E-state index contributed by atoms with van der Waals surface area (Å²) < 4.78 is 0. The van der Waals surface area contributed by atoms with Crippen molar-refractivity contribution in [1.29, 1.82) is 0 Å². The average Bonchev–Trinajstić information content (AvgIpc) is 0.832. The third-order valence-corrected chi connectivity index (χ3v) is 23.3. The zero-order chi connectivity index (χ0) is 85.9. The number of aromatic hydroxyl groups is 4. The summed E-state index contributed by atoms with van der Waals surface area (Å²) in [5.74, 6) is -0.558. The summed E-state index contributed by atoms with van der Waals surface area (Å²) in [4.78, 5) is 89.2. The van der Waals surface area contributed by atoms with Crippen molar-refractivity contribution in [1.82, 2.24) is 4.98 Å². The molecule has 12 aromatic carbocycles. The first-order valence-electron chi connectivity index (χ1n) is 36.5. The molecule has 1 amide bonds. The van der Waals surface area contributed by atoms with Gasteiger partial charge in [0.15, 0.2) is 5.78 Å². The lowest BCUT2D eigenvalue weighted by Gasteiger charge is -2.14. The van der Waals surface area contributed by atoms with Crippen LogP contribution in [-0.2, 0) is 64.6 Å². The molecule has 0 fully saturated rings. The van der Waals surface area contributed by atoms with Crippen LogP contribution in [0.3, 0.4) is 0 Å². The van der Waals surface area contributed by atoms with Gasteiger partial charge in [0.1, 0.15) is 41.9 Å². The maximum Gasteiger partial charge on any atom is 0.269 e. The number of benzene rings is 12. The van der Waals surface area contributed by atoms with E-state index in [1.807, 2.05) is 122 Å². The number of carbonyl (C=O) groups is 5. The number of phenolic OH excluding ortho intramolecular Hbond substituents is 4. The molecule has 0 aliphatic heterocycles. The van der Waals surface area contributed by atoms with E-state index < -0.39 is 9.85 Å². The lowest BCUT2D eigenvalue weighted by molar-refractivity contribution is -0.385. The van der Waals surface area contributed by atoms with Crippen LogP contribution in [0.15, 0.2) is 282 Å². The number of amides is 1. The van der Waals surface area contributed by atoms with Gasteiger partial charge in [0.2, 0.25) is 5.91 Å². The SMILES string of the molecule is CC(=O)Nc1ccc(Sc2ccccc2CNc2cc(Cl)cc(C(C)=O)c2O)cc1.Cc1ccc(Sc2ccc([N+](=O)[O-])cc2CNc2cc(Cl)cc(CC=O)c2O)cc1.O=CCc1cc(Cl)cc(NCc2cc([N+](=O)[O-])ccc2Sc2ccc(Cl)cc2)c1O.O=CCc1cc(Cl)cc(NCc2ccccc2Sc2ccc3cccnc3c2)c1O. The summed E-state index contributed by atoms with van der Waals surface area (Å²) in [6, 6.07) is 70.9. The number of non-ortho nitro benzene ring substituents is 2. The molecule has 1 aromatic heterocycles. The number of nitrogens with one attached hydrogen (secondary N) is 5. The highest BCUT2D eigenvalue weighted by atomic mass is 35.5. The predicted octanol–water partition coefficient (Wildman–Crippen LogP) is 23.9. The van der Waals surface area contributed by atoms with Crippen molar-refractivity contribution in [3.63, 3.8) is 0 Å². The number of nitro groups is 2. The first kappa shape index (κ1) is 90.6. The summed E-state index contributed by atoms with van der Waals surface area (Å²) >= 11 is 36.6. The number of carbonyl (C=O) groups excluding carboxylic acids is 5. The standard InChI is InChI=1S/C24H19ClN2O2S.C23H21ClN2O3S.C22H19ClN2O4S.C21H16Cl2N2O4S/c25-19-12-17(9-11-28)24(29)22(13-19)27-15-18-4-1-2-6-23(18)30-20-8-7-16-5-3-10-26-21(16)14-20;1-14(27)20-11-17(24)12-21(23(20)29)25-13-16-5-3-4-6-22(16)30-19-9-7-18(8-10-19)26-15(2)28;1-14-2-5-19(6-3-14)30-21-7-4-18(25(28)29)11-16(21)13-24-20-12-17(23)10-15(8-9-26)22(20)27;22-15-1-4-18(5-2-15)30-20-6-3-17(25(28)29)10-14(20)12-24-19-11-16(23)9-13(7-8-26)21(19)27/h1-8,10-14,27,29H,9,15H2;3-12,25,29H,13H2,1-2H3,(H,26,28);2-7,9-12,24,27H,8,13H2,1H3;1-6,8-11,24,27H,7,12H2. The Morgan fingerprint density at radius 2 is 0.775 bits per heavy atom. The molecule has 120 heavy (non-hydrogen) atoms. The molecule has 0 saturated heterocycles. The topological polar surface area (TPSA) is 326 Å². The van der Waals surface area contributed by atoms with E-state index in [2.05, 4.69) is 55.8 Å². The molecule has 0 atom stereocenters. The second-order valence-corrected chi connectivity index (χ2v) is 33.0. The summed E-state index contributed by atoms with van der Waals surface area (Å²) in [6.07, 6.45) is 4.08. The monoisotopic (exact) mass is 1780 g/mol. The molecule has 0 saturated carbocycles. The van der Waals surface area contributed by atoms with Crippen molar-refractivity contribution in [2.75, 3.05) is 26.6 Å². The van der Waals surface area contributed by atoms with Gasteiger partial charge in [-0.3, -0.25) is 34.8 Å². The van der Waals surface area contributed by atoms with Gasteiger partial charge >= 0.3 is 0 Å². The molecular formula is C90H75Cl5N8O13S4. The molecule has 612 valence electrons. The number of phenols is 4. The Balaban J connectivity index is 0.000000168. The Bertz CT molecular complexity index is 5730. The number of aldehydes is 3. The number of halogens is 5. The number of anilines is 5. The van der Waals surface area contributed by atoms with Crippen molar-refractivity contribution >= 4 is 186 Å². The van der Waals surface area contributed by atoms with E-state index in [-0.39, 0.29) is 84.0 Å². The van der Waals surface area contributed by atoms with Crippen LogP contribution < -0.4 is 26.6 Å². The Kier molecular flexibility index (Phi) is 33.5. The number of hydrogen-bond donors (Lipinski definition) is 9. The smallest absolute Gasteiger partial charge is 0.269 e. The number of rotatable bonds is 30. The van der Waals surface area contributed by atoms with Gasteiger partial charge in [-0.25, -0.2) is 0 Å². The molecule has 1 heterocycles. The molecule has 0 aliphatic carbocycles. The molecule has 0 unspecified atom stereocenters. The zero-order valence-corrected chi connectivity index (χ0v) is 71.1. The van der Waals surface area contributed by atoms with Gasteiger partial charge in [0.25, 0.3) is 11.4 Å². The number of pyridine rings is 1. The van der Waals surface area contributed by atoms with Crippen LogP contribution in [0, 0.1) is 27.2 Å². The fourth-order valence-corrected chi connectivity index (χ4v) is 16.6. The molecular weight excluding hydrogens is 1710 g/mol. The number of fused-ring (bicyclic) bond motifs is 1. The number of hydrogen-bond acceptors (Lipinski definition) is 22. The quantitative estimate of drug-likeness (QED) is 0.00664. The van der Waals surface area contributed by atoms with Gasteiger partial charge in [0, 0.05) is 175 Å². The van der Waals surface area contributed by atoms with Crippen LogP contribution in [0.4, 0.5) is 39.8 Å². The minimum atomic E-state index is -0.459. The molecule has 30 heteroatoms. The Morgan fingerprint density at radius 1 is 0.400 bits per heavy atom. The molecule has 0 aliphatic rings. The minimum absolute atomic E-state index is 0.0167. The van der Waals surface area contributed by atoms with Crippen LogP contribution >= 0.6 is 105 Å². The van der Waals surface area contributed by atoms with E-state index in [4.69, 9.17) is 58.0 Å². The average molecular weight is 1780 g/mol. The van der Waals surface area contributed by atoms with Gasteiger partial charge < -0.3 is 61.4 Å². The maximum atomic E-state index is 11.7. The normalized spacial score (nSPS) is 10.6. The van der Waals surface area contributed by atoms with E-state index >= 15 is 0 Å². The second-order valence-electron chi connectivity index (χ2n) is 26.4. The lowest BCUT2D eigenvalue weighted by atomic mass is 10.1.